The highest BCUT2D eigenvalue weighted by atomic mass is 16.4. The molecule has 0 radical (unpaired) electrons. The summed E-state index contributed by atoms with van der Waals surface area (Å²) in [6.07, 6.45) is 5.88. The van der Waals surface area contributed by atoms with Crippen molar-refractivity contribution in [1.82, 2.24) is 0 Å². The second-order valence-corrected chi connectivity index (χ2v) is 5.68. The zero-order valence-corrected chi connectivity index (χ0v) is 13.2. The molecule has 1 aromatic heterocycles. The first-order valence-electron chi connectivity index (χ1n) is 7.86. The summed E-state index contributed by atoms with van der Waals surface area (Å²) in [4.78, 5) is 12.0. The van der Waals surface area contributed by atoms with Gasteiger partial charge in [-0.3, -0.25) is 0 Å². The maximum atomic E-state index is 12.0. The number of rotatable bonds is 6. The third-order valence-corrected chi connectivity index (χ3v) is 4.04. The van der Waals surface area contributed by atoms with Gasteiger partial charge in [-0.2, -0.15) is 0 Å². The molecule has 0 bridgehead atoms. The highest BCUT2D eigenvalue weighted by Crippen LogP contribution is 2.29. The van der Waals surface area contributed by atoms with E-state index in [1.165, 1.54) is 0 Å². The lowest BCUT2D eigenvalue weighted by Gasteiger charge is -2.10. The minimum atomic E-state index is -0.278. The van der Waals surface area contributed by atoms with Gasteiger partial charge in [-0.25, -0.2) is 4.79 Å². The van der Waals surface area contributed by atoms with E-state index in [1.54, 1.807) is 6.07 Å². The van der Waals surface area contributed by atoms with Gasteiger partial charge in [-0.15, -0.1) is 0 Å². The van der Waals surface area contributed by atoms with Crippen molar-refractivity contribution >= 4 is 11.0 Å². The van der Waals surface area contributed by atoms with Crippen LogP contribution in [0.2, 0.25) is 0 Å². The van der Waals surface area contributed by atoms with Gasteiger partial charge in [0.25, 0.3) is 0 Å². The second-order valence-electron chi connectivity index (χ2n) is 5.68. The molecule has 0 saturated heterocycles. The van der Waals surface area contributed by atoms with Gasteiger partial charge in [0, 0.05) is 17.0 Å². The SMILES string of the molecule is CCCCCc1cc2c(C)c(CCC)c(=O)oc2cc1O. The zero-order chi connectivity index (χ0) is 15.4. The van der Waals surface area contributed by atoms with Crippen molar-refractivity contribution in [3.63, 3.8) is 0 Å². The summed E-state index contributed by atoms with van der Waals surface area (Å²) in [5.74, 6) is 0.226. The van der Waals surface area contributed by atoms with Gasteiger partial charge in [0.1, 0.15) is 11.3 Å². The lowest BCUT2D eigenvalue weighted by atomic mass is 9.98. The van der Waals surface area contributed by atoms with E-state index in [4.69, 9.17) is 4.42 Å². The summed E-state index contributed by atoms with van der Waals surface area (Å²) in [6, 6.07) is 3.57. The van der Waals surface area contributed by atoms with Crippen LogP contribution in [0.5, 0.6) is 5.75 Å². The molecule has 0 saturated carbocycles. The molecule has 0 aliphatic carbocycles. The van der Waals surface area contributed by atoms with Crippen LogP contribution in [-0.2, 0) is 12.8 Å². The Balaban J connectivity index is 2.51. The van der Waals surface area contributed by atoms with E-state index in [2.05, 4.69) is 13.8 Å². The summed E-state index contributed by atoms with van der Waals surface area (Å²) in [5, 5.41) is 11.0. The summed E-state index contributed by atoms with van der Waals surface area (Å²) in [7, 11) is 0. The first-order valence-corrected chi connectivity index (χ1v) is 7.86. The molecule has 2 rings (SSSR count). The van der Waals surface area contributed by atoms with Gasteiger partial charge < -0.3 is 9.52 Å². The van der Waals surface area contributed by atoms with E-state index >= 15 is 0 Å². The first-order chi connectivity index (χ1) is 10.1. The Labute approximate surface area is 125 Å². The van der Waals surface area contributed by atoms with Crippen molar-refractivity contribution in [2.45, 2.75) is 59.3 Å². The van der Waals surface area contributed by atoms with Crippen molar-refractivity contribution in [3.8, 4) is 5.75 Å². The molecule has 2 aromatic rings. The van der Waals surface area contributed by atoms with Gasteiger partial charge in [0.2, 0.25) is 0 Å². The van der Waals surface area contributed by atoms with Gasteiger partial charge >= 0.3 is 5.63 Å². The minimum absolute atomic E-state index is 0.226. The highest BCUT2D eigenvalue weighted by Gasteiger charge is 2.13. The van der Waals surface area contributed by atoms with Crippen LogP contribution >= 0.6 is 0 Å². The molecule has 0 unspecified atom stereocenters. The molecule has 0 fully saturated rings. The lowest BCUT2D eigenvalue weighted by molar-refractivity contribution is 0.464. The summed E-state index contributed by atoms with van der Waals surface area (Å²) >= 11 is 0. The van der Waals surface area contributed by atoms with E-state index < -0.39 is 0 Å². The van der Waals surface area contributed by atoms with Crippen LogP contribution < -0.4 is 5.63 Å². The maximum absolute atomic E-state index is 12.0. The molecule has 3 heteroatoms. The van der Waals surface area contributed by atoms with Gasteiger partial charge in [0.15, 0.2) is 0 Å². The number of hydrogen-bond acceptors (Lipinski definition) is 3. The Kier molecular flexibility index (Phi) is 5.05. The molecule has 0 aliphatic heterocycles. The van der Waals surface area contributed by atoms with Crippen molar-refractivity contribution < 1.29 is 9.52 Å². The number of aromatic hydroxyl groups is 1. The first kappa shape index (κ1) is 15.6. The smallest absolute Gasteiger partial charge is 0.339 e. The lowest BCUT2D eigenvalue weighted by Crippen LogP contribution is -2.10. The monoisotopic (exact) mass is 288 g/mol. The number of fused-ring (bicyclic) bond motifs is 1. The number of phenolic OH excluding ortho intramolecular Hbond substituents is 1. The standard InChI is InChI=1S/C18H24O3/c1-4-6-7-9-13-10-15-12(3)14(8-5-2)18(20)21-17(15)11-16(13)19/h10-11,19H,4-9H2,1-3H3. The van der Waals surface area contributed by atoms with Crippen LogP contribution in [-0.4, -0.2) is 5.11 Å². The Morgan fingerprint density at radius 1 is 1.10 bits per heavy atom. The van der Waals surface area contributed by atoms with Crippen LogP contribution in [0, 0.1) is 6.92 Å². The molecule has 0 aliphatic rings. The van der Waals surface area contributed by atoms with Gasteiger partial charge in [0.05, 0.1) is 0 Å². The molecular formula is C18H24O3. The van der Waals surface area contributed by atoms with Crippen LogP contribution in [0.4, 0.5) is 0 Å². The van der Waals surface area contributed by atoms with Crippen molar-refractivity contribution in [2.24, 2.45) is 0 Å². The number of benzene rings is 1. The van der Waals surface area contributed by atoms with E-state index in [1.807, 2.05) is 13.0 Å². The average Bonchev–Trinajstić information content (AvgIpc) is 2.45. The van der Waals surface area contributed by atoms with Crippen molar-refractivity contribution in [3.05, 3.63) is 39.2 Å². The van der Waals surface area contributed by atoms with Crippen molar-refractivity contribution in [1.29, 1.82) is 0 Å². The molecule has 114 valence electrons. The Hall–Kier alpha value is -1.77. The molecule has 1 N–H and O–H groups in total. The minimum Gasteiger partial charge on any atom is -0.508 e. The third kappa shape index (κ3) is 3.29. The summed E-state index contributed by atoms with van der Waals surface area (Å²) in [6.45, 7) is 6.18. The fraction of sp³-hybridized carbons (Fsp3) is 0.500. The molecule has 3 nitrogen and oxygen atoms in total. The molecule has 0 atom stereocenters. The highest BCUT2D eigenvalue weighted by molar-refractivity contribution is 5.83. The van der Waals surface area contributed by atoms with Crippen molar-refractivity contribution in [2.75, 3.05) is 0 Å². The number of aryl methyl sites for hydroxylation is 2. The summed E-state index contributed by atoms with van der Waals surface area (Å²) in [5.41, 5.74) is 2.89. The summed E-state index contributed by atoms with van der Waals surface area (Å²) < 4.78 is 5.37. The van der Waals surface area contributed by atoms with Crippen LogP contribution in [0.1, 0.15) is 56.2 Å². The van der Waals surface area contributed by atoms with E-state index in [0.29, 0.717) is 5.58 Å². The largest absolute Gasteiger partial charge is 0.508 e. The van der Waals surface area contributed by atoms with Gasteiger partial charge in [-0.1, -0.05) is 33.1 Å². The normalized spacial score (nSPS) is 11.2. The predicted octanol–water partition coefficient (Wildman–Crippen LogP) is 4.49. The van der Waals surface area contributed by atoms with Crippen LogP contribution in [0.15, 0.2) is 21.3 Å². The molecule has 0 amide bonds. The van der Waals surface area contributed by atoms with Gasteiger partial charge in [-0.05, 0) is 43.4 Å². The fourth-order valence-electron chi connectivity index (χ4n) is 2.77. The van der Waals surface area contributed by atoms with E-state index in [-0.39, 0.29) is 11.4 Å². The molecular weight excluding hydrogens is 264 g/mol. The number of hydrogen-bond donors (Lipinski definition) is 1. The second kappa shape index (κ2) is 6.79. The number of phenols is 1. The topological polar surface area (TPSA) is 50.4 Å². The molecule has 21 heavy (non-hydrogen) atoms. The zero-order valence-electron chi connectivity index (χ0n) is 13.2. The fourth-order valence-corrected chi connectivity index (χ4v) is 2.77. The van der Waals surface area contributed by atoms with E-state index in [0.717, 1.165) is 60.6 Å². The average molecular weight is 288 g/mol. The third-order valence-electron chi connectivity index (χ3n) is 4.04. The Morgan fingerprint density at radius 2 is 1.86 bits per heavy atom. The Morgan fingerprint density at radius 3 is 2.52 bits per heavy atom. The molecule has 0 spiro atoms. The van der Waals surface area contributed by atoms with E-state index in [9.17, 15) is 9.90 Å². The Bertz CT molecular complexity index is 683. The molecule has 1 heterocycles. The van der Waals surface area contributed by atoms with Crippen LogP contribution in [0.3, 0.4) is 0 Å². The quantitative estimate of drug-likeness (QED) is 0.629. The number of unbranched alkanes of at least 4 members (excludes halogenated alkanes) is 2. The molecule has 1 aromatic carbocycles. The van der Waals surface area contributed by atoms with Crippen LogP contribution in [0.25, 0.3) is 11.0 Å². The predicted molar refractivity (Wildman–Crippen MR) is 86.1 cm³/mol. The maximum Gasteiger partial charge on any atom is 0.339 e.